The fraction of sp³-hybridized carbons (Fsp3) is 1.00. The molecule has 0 radical (unpaired) electrons. The molecule has 3 N–H and O–H groups in total. The molecule has 0 rings (SSSR count). The summed E-state index contributed by atoms with van der Waals surface area (Å²) >= 11 is 0. The van der Waals surface area contributed by atoms with Crippen LogP contribution >= 0.6 is 0 Å². The smallest absolute Gasteiger partial charge is 0.0555 e. The van der Waals surface area contributed by atoms with Gasteiger partial charge in [-0.05, 0) is 27.1 Å². The first kappa shape index (κ1) is 13.5. The number of aliphatic hydroxyl groups is 1. The van der Waals surface area contributed by atoms with E-state index in [1.54, 1.807) is 7.05 Å². The van der Waals surface area contributed by atoms with Crippen molar-refractivity contribution in [2.75, 3.05) is 33.8 Å². The van der Waals surface area contributed by atoms with Gasteiger partial charge in [-0.3, -0.25) is 0 Å². The van der Waals surface area contributed by atoms with Gasteiger partial charge in [-0.1, -0.05) is 13.3 Å². The number of aliphatic hydroxyl groups excluding tert-OH is 1. The van der Waals surface area contributed by atoms with Crippen LogP contribution in [0.1, 0.15) is 19.8 Å². The van der Waals surface area contributed by atoms with Crippen molar-refractivity contribution in [3.05, 3.63) is 0 Å². The lowest BCUT2D eigenvalue weighted by Crippen LogP contribution is -2.10. The highest BCUT2D eigenvalue weighted by atomic mass is 16.3. The first-order valence-corrected chi connectivity index (χ1v) is 4.23. The van der Waals surface area contributed by atoms with Crippen LogP contribution in [0.25, 0.3) is 0 Å². The number of nitrogens with one attached hydrogen (secondary N) is 2. The van der Waals surface area contributed by atoms with E-state index in [2.05, 4.69) is 17.6 Å². The van der Waals surface area contributed by atoms with Gasteiger partial charge in [-0.15, -0.1) is 0 Å². The highest BCUT2D eigenvalue weighted by Gasteiger charge is 1.73. The van der Waals surface area contributed by atoms with Crippen LogP contribution in [0, 0.1) is 0 Å². The Bertz CT molecular complexity index is 45.4. The van der Waals surface area contributed by atoms with Crippen molar-refractivity contribution in [1.82, 2.24) is 10.6 Å². The molecule has 0 aliphatic carbocycles. The molecule has 0 fully saturated rings. The molecule has 70 valence electrons. The van der Waals surface area contributed by atoms with Gasteiger partial charge in [-0.2, -0.15) is 0 Å². The second-order valence-corrected chi connectivity index (χ2v) is 2.28. The van der Waals surface area contributed by atoms with Gasteiger partial charge in [0.25, 0.3) is 0 Å². The Morgan fingerprint density at radius 1 is 1.09 bits per heavy atom. The molecule has 0 saturated carbocycles. The second kappa shape index (κ2) is 16.5. The van der Waals surface area contributed by atoms with Crippen molar-refractivity contribution in [1.29, 1.82) is 0 Å². The van der Waals surface area contributed by atoms with Gasteiger partial charge in [-0.25, -0.2) is 0 Å². The Kier molecular flexibility index (Phi) is 20.2. The Morgan fingerprint density at radius 2 is 1.64 bits per heavy atom. The average Bonchev–Trinajstić information content (AvgIpc) is 2.04. The predicted octanol–water partition coefficient (Wildman–Crippen LogP) is 0.204. The molecule has 3 nitrogen and oxygen atoms in total. The largest absolute Gasteiger partial charge is 0.395 e. The molecule has 0 heterocycles. The van der Waals surface area contributed by atoms with Crippen LogP contribution in [-0.4, -0.2) is 38.9 Å². The third-order valence-corrected chi connectivity index (χ3v) is 1.14. The lowest BCUT2D eigenvalue weighted by atomic mass is 10.3. The van der Waals surface area contributed by atoms with Crippen LogP contribution in [0.4, 0.5) is 0 Å². The summed E-state index contributed by atoms with van der Waals surface area (Å²) in [6, 6.07) is 0. The Hall–Kier alpha value is -0.120. The highest BCUT2D eigenvalue weighted by Crippen LogP contribution is 1.79. The van der Waals surface area contributed by atoms with Crippen LogP contribution in [0.15, 0.2) is 0 Å². The molecule has 0 aromatic rings. The summed E-state index contributed by atoms with van der Waals surface area (Å²) in [5.74, 6) is 0. The molecular weight excluding hydrogens is 140 g/mol. The van der Waals surface area contributed by atoms with E-state index in [1.165, 1.54) is 12.8 Å². The van der Waals surface area contributed by atoms with Crippen molar-refractivity contribution in [3.8, 4) is 0 Å². The summed E-state index contributed by atoms with van der Waals surface area (Å²) in [4.78, 5) is 0. The van der Waals surface area contributed by atoms with Gasteiger partial charge in [0.1, 0.15) is 0 Å². The van der Waals surface area contributed by atoms with Gasteiger partial charge in [0.2, 0.25) is 0 Å². The zero-order valence-electron chi connectivity index (χ0n) is 7.98. The van der Waals surface area contributed by atoms with Crippen LogP contribution in [0.2, 0.25) is 0 Å². The quantitative estimate of drug-likeness (QED) is 0.506. The third-order valence-electron chi connectivity index (χ3n) is 1.14. The summed E-state index contributed by atoms with van der Waals surface area (Å²) in [6.45, 7) is 4.28. The fourth-order valence-corrected chi connectivity index (χ4v) is 0.465. The standard InChI is InChI=1S/C5H13N.C3H9NO/c1-3-4-5-6-2;1-4-2-3-5/h6H,3-5H2,1-2H3;4-5H,2-3H2,1H3. The van der Waals surface area contributed by atoms with E-state index in [1.807, 2.05) is 7.05 Å². The van der Waals surface area contributed by atoms with Crippen molar-refractivity contribution < 1.29 is 5.11 Å². The van der Waals surface area contributed by atoms with E-state index >= 15 is 0 Å². The summed E-state index contributed by atoms with van der Waals surface area (Å²) in [7, 11) is 3.78. The first-order valence-electron chi connectivity index (χ1n) is 4.23. The van der Waals surface area contributed by atoms with Gasteiger partial charge in [0.15, 0.2) is 0 Å². The summed E-state index contributed by atoms with van der Waals surface area (Å²) in [5, 5.41) is 13.8. The molecule has 0 saturated heterocycles. The molecule has 0 spiro atoms. The number of likely N-dealkylation sites (N-methyl/N-ethyl adjacent to an activating group) is 1. The van der Waals surface area contributed by atoms with E-state index in [-0.39, 0.29) is 6.61 Å². The number of hydrogen-bond donors (Lipinski definition) is 3. The van der Waals surface area contributed by atoms with E-state index in [9.17, 15) is 0 Å². The van der Waals surface area contributed by atoms with Crippen LogP contribution in [0.3, 0.4) is 0 Å². The van der Waals surface area contributed by atoms with Gasteiger partial charge in [0, 0.05) is 6.54 Å². The molecule has 0 aromatic carbocycles. The third kappa shape index (κ3) is 25.8. The zero-order valence-corrected chi connectivity index (χ0v) is 7.98. The predicted molar refractivity (Wildman–Crippen MR) is 49.8 cm³/mol. The normalized spacial score (nSPS) is 8.73. The lowest BCUT2D eigenvalue weighted by molar-refractivity contribution is 0.296. The van der Waals surface area contributed by atoms with Gasteiger partial charge in [0.05, 0.1) is 6.61 Å². The molecule has 0 aliphatic heterocycles. The van der Waals surface area contributed by atoms with Crippen LogP contribution < -0.4 is 10.6 Å². The maximum absolute atomic E-state index is 8.00. The molecule has 0 unspecified atom stereocenters. The zero-order chi connectivity index (χ0) is 8.95. The fourth-order valence-electron chi connectivity index (χ4n) is 0.465. The molecule has 0 aliphatic rings. The topological polar surface area (TPSA) is 44.3 Å². The van der Waals surface area contributed by atoms with E-state index < -0.39 is 0 Å². The molecule has 11 heavy (non-hydrogen) atoms. The van der Waals surface area contributed by atoms with Crippen molar-refractivity contribution >= 4 is 0 Å². The van der Waals surface area contributed by atoms with E-state index in [0.717, 1.165) is 6.54 Å². The minimum atomic E-state index is 0.233. The number of unbranched alkanes of at least 4 members (excludes halogenated alkanes) is 1. The number of rotatable bonds is 5. The molecule has 0 amide bonds. The van der Waals surface area contributed by atoms with Gasteiger partial charge >= 0.3 is 0 Å². The van der Waals surface area contributed by atoms with E-state index in [4.69, 9.17) is 5.11 Å². The molecular formula is C8H22N2O. The Morgan fingerprint density at radius 3 is 1.73 bits per heavy atom. The van der Waals surface area contributed by atoms with Crippen molar-refractivity contribution in [2.24, 2.45) is 0 Å². The SMILES string of the molecule is CCCCNC.CNCCO. The molecule has 0 aromatic heterocycles. The number of hydrogen-bond acceptors (Lipinski definition) is 3. The Balaban J connectivity index is 0. The summed E-state index contributed by atoms with van der Waals surface area (Å²) in [5.41, 5.74) is 0. The van der Waals surface area contributed by atoms with Crippen molar-refractivity contribution in [2.45, 2.75) is 19.8 Å². The monoisotopic (exact) mass is 162 g/mol. The minimum Gasteiger partial charge on any atom is -0.395 e. The van der Waals surface area contributed by atoms with Crippen LogP contribution in [-0.2, 0) is 0 Å². The molecule has 0 bridgehead atoms. The van der Waals surface area contributed by atoms with E-state index in [0.29, 0.717) is 6.54 Å². The van der Waals surface area contributed by atoms with Crippen LogP contribution in [0.5, 0.6) is 0 Å². The highest BCUT2D eigenvalue weighted by molar-refractivity contribution is 4.34. The lowest BCUT2D eigenvalue weighted by Gasteiger charge is -1.89. The average molecular weight is 162 g/mol. The second-order valence-electron chi connectivity index (χ2n) is 2.28. The molecule has 3 heteroatoms. The van der Waals surface area contributed by atoms with Crippen molar-refractivity contribution in [3.63, 3.8) is 0 Å². The summed E-state index contributed by atoms with van der Waals surface area (Å²) in [6.07, 6.45) is 2.59. The maximum atomic E-state index is 8.00. The van der Waals surface area contributed by atoms with Gasteiger partial charge < -0.3 is 15.7 Å². The maximum Gasteiger partial charge on any atom is 0.0555 e. The Labute approximate surface area is 70.2 Å². The minimum absolute atomic E-state index is 0.233. The first-order chi connectivity index (χ1) is 5.33. The molecule has 0 atom stereocenters. The summed E-state index contributed by atoms with van der Waals surface area (Å²) < 4.78 is 0.